The number of carbonyl (C=O) groups is 1. The monoisotopic (exact) mass is 286 g/mol. The number of imidazole rings is 1. The highest BCUT2D eigenvalue weighted by Crippen LogP contribution is 2.23. The first kappa shape index (κ1) is 14.1. The molecule has 2 unspecified atom stereocenters. The lowest BCUT2D eigenvalue weighted by Crippen LogP contribution is -2.48. The second kappa shape index (κ2) is 5.85. The van der Waals surface area contributed by atoms with Crippen molar-refractivity contribution in [2.24, 2.45) is 13.0 Å². The Kier molecular flexibility index (Phi) is 3.92. The highest BCUT2D eigenvalue weighted by atomic mass is 16.2. The summed E-state index contributed by atoms with van der Waals surface area (Å²) < 4.78 is 2.17. The van der Waals surface area contributed by atoms with Crippen LogP contribution in [0.25, 0.3) is 11.0 Å². The summed E-state index contributed by atoms with van der Waals surface area (Å²) in [5, 5.41) is 6.02. The van der Waals surface area contributed by atoms with Crippen molar-refractivity contribution >= 4 is 16.9 Å². The predicted molar refractivity (Wildman–Crippen MR) is 83.0 cm³/mol. The summed E-state index contributed by atoms with van der Waals surface area (Å²) in [7, 11) is 3.76. The molecule has 112 valence electrons. The van der Waals surface area contributed by atoms with Crippen LogP contribution in [0.2, 0.25) is 0 Å². The molecule has 1 amide bonds. The minimum atomic E-state index is -0.0663. The summed E-state index contributed by atoms with van der Waals surface area (Å²) in [5.41, 5.74) is 2.22. The Morgan fingerprint density at radius 1 is 1.48 bits per heavy atom. The Balaban J connectivity index is 1.75. The zero-order valence-corrected chi connectivity index (χ0v) is 12.6. The van der Waals surface area contributed by atoms with Crippen LogP contribution >= 0.6 is 0 Å². The van der Waals surface area contributed by atoms with Crippen LogP contribution in [0.15, 0.2) is 24.3 Å². The molecular formula is C16H22N4O. The van der Waals surface area contributed by atoms with Gasteiger partial charge in [-0.25, -0.2) is 4.98 Å². The van der Waals surface area contributed by atoms with E-state index in [1.54, 1.807) is 7.05 Å². The molecule has 2 atom stereocenters. The SMILES string of the molecule is CNC(=O)C1CC(Cc2nc3ccccc3n2C)CCN1. The van der Waals surface area contributed by atoms with E-state index in [1.165, 1.54) is 5.52 Å². The molecule has 2 aromatic rings. The molecule has 1 fully saturated rings. The second-order valence-corrected chi connectivity index (χ2v) is 5.79. The molecule has 2 heterocycles. The average Bonchev–Trinajstić information content (AvgIpc) is 2.83. The van der Waals surface area contributed by atoms with Crippen molar-refractivity contribution in [1.82, 2.24) is 20.2 Å². The highest BCUT2D eigenvalue weighted by molar-refractivity contribution is 5.81. The Morgan fingerprint density at radius 2 is 2.29 bits per heavy atom. The molecule has 1 aromatic carbocycles. The Hall–Kier alpha value is -1.88. The van der Waals surface area contributed by atoms with Crippen LogP contribution in [0.5, 0.6) is 0 Å². The molecule has 21 heavy (non-hydrogen) atoms. The first-order valence-electron chi connectivity index (χ1n) is 7.54. The molecule has 1 aliphatic heterocycles. The van der Waals surface area contributed by atoms with Gasteiger partial charge in [0, 0.05) is 20.5 Å². The van der Waals surface area contributed by atoms with E-state index in [0.717, 1.165) is 37.1 Å². The lowest BCUT2D eigenvalue weighted by molar-refractivity contribution is -0.123. The van der Waals surface area contributed by atoms with Gasteiger partial charge in [-0.1, -0.05) is 12.1 Å². The van der Waals surface area contributed by atoms with E-state index in [4.69, 9.17) is 4.98 Å². The zero-order valence-electron chi connectivity index (χ0n) is 12.6. The summed E-state index contributed by atoms with van der Waals surface area (Å²) in [6.45, 7) is 0.896. The predicted octanol–water partition coefficient (Wildman–Crippen LogP) is 1.23. The molecule has 0 saturated carbocycles. The fourth-order valence-electron chi connectivity index (χ4n) is 3.19. The number of nitrogens with one attached hydrogen (secondary N) is 2. The number of benzene rings is 1. The number of hydrogen-bond acceptors (Lipinski definition) is 3. The maximum absolute atomic E-state index is 11.8. The number of hydrogen-bond donors (Lipinski definition) is 2. The molecule has 3 rings (SSSR count). The molecule has 0 spiro atoms. The van der Waals surface area contributed by atoms with Gasteiger partial charge in [0.05, 0.1) is 17.1 Å². The lowest BCUT2D eigenvalue weighted by Gasteiger charge is -2.29. The first-order valence-corrected chi connectivity index (χ1v) is 7.54. The number of amides is 1. The minimum absolute atomic E-state index is 0.0663. The molecule has 1 aliphatic rings. The molecule has 0 radical (unpaired) electrons. The molecule has 1 saturated heterocycles. The van der Waals surface area contributed by atoms with Gasteiger partial charge in [-0.2, -0.15) is 0 Å². The Bertz CT molecular complexity index is 649. The summed E-state index contributed by atoms with van der Waals surface area (Å²) in [6.07, 6.45) is 2.90. The van der Waals surface area contributed by atoms with Gasteiger partial charge < -0.3 is 15.2 Å². The van der Waals surface area contributed by atoms with E-state index in [2.05, 4.69) is 34.4 Å². The van der Waals surface area contributed by atoms with Crippen LogP contribution in [-0.2, 0) is 18.3 Å². The maximum atomic E-state index is 11.8. The maximum Gasteiger partial charge on any atom is 0.236 e. The van der Waals surface area contributed by atoms with E-state index in [9.17, 15) is 4.79 Å². The standard InChI is InChI=1S/C16H22N4O/c1-17-16(21)13-9-11(7-8-18-13)10-15-19-12-5-3-4-6-14(12)20(15)2/h3-6,11,13,18H,7-10H2,1-2H3,(H,17,21). The number of likely N-dealkylation sites (N-methyl/N-ethyl adjacent to an activating group) is 1. The second-order valence-electron chi connectivity index (χ2n) is 5.79. The van der Waals surface area contributed by atoms with E-state index >= 15 is 0 Å². The normalized spacial score (nSPS) is 22.4. The summed E-state index contributed by atoms with van der Waals surface area (Å²) in [4.78, 5) is 16.5. The van der Waals surface area contributed by atoms with Gasteiger partial charge in [-0.3, -0.25) is 4.79 Å². The van der Waals surface area contributed by atoms with E-state index in [1.807, 2.05) is 12.1 Å². The summed E-state index contributed by atoms with van der Waals surface area (Å²) in [5.74, 6) is 1.70. The number of fused-ring (bicyclic) bond motifs is 1. The van der Waals surface area contributed by atoms with E-state index in [-0.39, 0.29) is 11.9 Å². The van der Waals surface area contributed by atoms with Crippen LogP contribution in [0.1, 0.15) is 18.7 Å². The number of rotatable bonds is 3. The number of para-hydroxylation sites is 2. The molecule has 2 N–H and O–H groups in total. The minimum Gasteiger partial charge on any atom is -0.358 e. The molecule has 5 heteroatoms. The number of carbonyl (C=O) groups excluding carboxylic acids is 1. The summed E-state index contributed by atoms with van der Waals surface area (Å²) in [6, 6.07) is 8.14. The van der Waals surface area contributed by atoms with Gasteiger partial charge in [-0.05, 0) is 37.4 Å². The van der Waals surface area contributed by atoms with Crippen molar-refractivity contribution in [2.75, 3.05) is 13.6 Å². The third kappa shape index (κ3) is 2.78. The van der Waals surface area contributed by atoms with Crippen molar-refractivity contribution in [2.45, 2.75) is 25.3 Å². The number of piperidine rings is 1. The highest BCUT2D eigenvalue weighted by Gasteiger charge is 2.27. The first-order chi connectivity index (χ1) is 10.2. The van der Waals surface area contributed by atoms with Crippen molar-refractivity contribution < 1.29 is 4.79 Å². The van der Waals surface area contributed by atoms with E-state index in [0.29, 0.717) is 5.92 Å². The largest absolute Gasteiger partial charge is 0.358 e. The topological polar surface area (TPSA) is 59.0 Å². The smallest absolute Gasteiger partial charge is 0.236 e. The van der Waals surface area contributed by atoms with Crippen molar-refractivity contribution in [3.05, 3.63) is 30.1 Å². The summed E-state index contributed by atoms with van der Waals surface area (Å²) >= 11 is 0. The van der Waals surface area contributed by atoms with Gasteiger partial charge >= 0.3 is 0 Å². The molecular weight excluding hydrogens is 264 g/mol. The van der Waals surface area contributed by atoms with Gasteiger partial charge in [0.2, 0.25) is 5.91 Å². The van der Waals surface area contributed by atoms with Gasteiger partial charge in [0.25, 0.3) is 0 Å². The van der Waals surface area contributed by atoms with Crippen LogP contribution in [-0.4, -0.2) is 35.1 Å². The number of aryl methyl sites for hydroxylation is 1. The Morgan fingerprint density at radius 3 is 3.05 bits per heavy atom. The Labute approximate surface area is 124 Å². The van der Waals surface area contributed by atoms with E-state index < -0.39 is 0 Å². The molecule has 0 aliphatic carbocycles. The molecule has 5 nitrogen and oxygen atoms in total. The number of aromatic nitrogens is 2. The molecule has 1 aromatic heterocycles. The fraction of sp³-hybridized carbons (Fsp3) is 0.500. The quantitative estimate of drug-likeness (QED) is 0.892. The zero-order chi connectivity index (χ0) is 14.8. The van der Waals surface area contributed by atoms with Crippen LogP contribution in [0.3, 0.4) is 0 Å². The van der Waals surface area contributed by atoms with Crippen molar-refractivity contribution in [1.29, 1.82) is 0 Å². The van der Waals surface area contributed by atoms with Crippen LogP contribution in [0, 0.1) is 5.92 Å². The third-order valence-corrected chi connectivity index (χ3v) is 4.43. The fourth-order valence-corrected chi connectivity index (χ4v) is 3.19. The van der Waals surface area contributed by atoms with Crippen LogP contribution < -0.4 is 10.6 Å². The van der Waals surface area contributed by atoms with Gasteiger partial charge in [0.15, 0.2) is 0 Å². The molecule has 0 bridgehead atoms. The van der Waals surface area contributed by atoms with Crippen LogP contribution in [0.4, 0.5) is 0 Å². The number of nitrogens with zero attached hydrogens (tertiary/aromatic N) is 2. The average molecular weight is 286 g/mol. The van der Waals surface area contributed by atoms with Gasteiger partial charge in [0.1, 0.15) is 5.82 Å². The third-order valence-electron chi connectivity index (χ3n) is 4.43. The van der Waals surface area contributed by atoms with Gasteiger partial charge in [-0.15, -0.1) is 0 Å². The van der Waals surface area contributed by atoms with Crippen molar-refractivity contribution in [3.63, 3.8) is 0 Å². The lowest BCUT2D eigenvalue weighted by atomic mass is 9.89. The van der Waals surface area contributed by atoms with Crippen molar-refractivity contribution in [3.8, 4) is 0 Å².